The topological polar surface area (TPSA) is 72.2 Å². The van der Waals surface area contributed by atoms with Gasteiger partial charge in [0.15, 0.2) is 5.82 Å². The number of hydrogen-bond acceptors (Lipinski definition) is 4. The van der Waals surface area contributed by atoms with Crippen LogP contribution in [0.15, 0.2) is 42.5 Å². The Morgan fingerprint density at radius 2 is 1.67 bits per heavy atom. The fourth-order valence-corrected chi connectivity index (χ4v) is 3.64. The van der Waals surface area contributed by atoms with Gasteiger partial charge in [0.05, 0.1) is 6.42 Å². The molecule has 1 N–H and O–H groups in total. The molecule has 1 amide bonds. The number of benzene rings is 2. The van der Waals surface area contributed by atoms with Crippen molar-refractivity contribution in [3.8, 4) is 11.4 Å². The Kier molecular flexibility index (Phi) is 5.08. The van der Waals surface area contributed by atoms with Crippen molar-refractivity contribution in [2.45, 2.75) is 41.0 Å². The van der Waals surface area contributed by atoms with Crippen LogP contribution in [0, 0.1) is 34.6 Å². The van der Waals surface area contributed by atoms with Gasteiger partial charge < -0.3 is 5.32 Å². The third-order valence-electron chi connectivity index (χ3n) is 5.65. The molecule has 0 aliphatic carbocycles. The molecule has 152 valence electrons. The van der Waals surface area contributed by atoms with Crippen LogP contribution in [0.5, 0.6) is 0 Å². The molecule has 0 unspecified atom stereocenters. The number of hydrogen-bond donors (Lipinski definition) is 1. The van der Waals surface area contributed by atoms with E-state index in [-0.39, 0.29) is 12.3 Å². The number of anilines is 1. The third kappa shape index (κ3) is 3.56. The van der Waals surface area contributed by atoms with Crippen molar-refractivity contribution in [2.24, 2.45) is 0 Å². The fraction of sp³-hybridized carbons (Fsp3) is 0.250. The zero-order valence-electron chi connectivity index (χ0n) is 17.9. The number of nitrogens with zero attached hydrogens (tertiary/aromatic N) is 4. The van der Waals surface area contributed by atoms with Crippen LogP contribution in [0.3, 0.4) is 0 Å². The normalized spacial score (nSPS) is 11.1. The van der Waals surface area contributed by atoms with Crippen LogP contribution in [-0.4, -0.2) is 25.5 Å². The van der Waals surface area contributed by atoms with Crippen molar-refractivity contribution >= 4 is 17.4 Å². The van der Waals surface area contributed by atoms with Gasteiger partial charge in [-0.1, -0.05) is 36.4 Å². The molecule has 0 atom stereocenters. The van der Waals surface area contributed by atoms with E-state index in [1.807, 2.05) is 77.1 Å². The summed E-state index contributed by atoms with van der Waals surface area (Å²) in [6.45, 7) is 9.95. The molecule has 4 aromatic rings. The maximum atomic E-state index is 12.8. The molecule has 2 aromatic carbocycles. The Morgan fingerprint density at radius 1 is 0.933 bits per heavy atom. The number of rotatable bonds is 4. The molecule has 0 aliphatic rings. The smallest absolute Gasteiger partial charge is 0.253 e. The van der Waals surface area contributed by atoms with Crippen LogP contribution < -0.4 is 5.32 Å². The summed E-state index contributed by atoms with van der Waals surface area (Å²) in [5.74, 6) is 1.11. The number of amides is 1. The van der Waals surface area contributed by atoms with Gasteiger partial charge in [-0.05, 0) is 57.4 Å². The second-order valence-corrected chi connectivity index (χ2v) is 7.70. The van der Waals surface area contributed by atoms with E-state index < -0.39 is 0 Å². The molecule has 6 nitrogen and oxygen atoms in total. The van der Waals surface area contributed by atoms with Gasteiger partial charge in [0.2, 0.25) is 5.91 Å². The van der Waals surface area contributed by atoms with Crippen LogP contribution in [0.4, 0.5) is 5.69 Å². The largest absolute Gasteiger partial charge is 0.326 e. The minimum Gasteiger partial charge on any atom is -0.326 e. The van der Waals surface area contributed by atoms with E-state index in [1.54, 1.807) is 4.52 Å². The monoisotopic (exact) mass is 399 g/mol. The van der Waals surface area contributed by atoms with Crippen LogP contribution in [0.1, 0.15) is 33.6 Å². The summed E-state index contributed by atoms with van der Waals surface area (Å²) in [5, 5.41) is 7.70. The molecule has 6 heteroatoms. The fourth-order valence-electron chi connectivity index (χ4n) is 3.64. The van der Waals surface area contributed by atoms with E-state index >= 15 is 0 Å². The standard InChI is InChI=1S/C24H25N5O/c1-14-10-8-12-21(16(14)3)26-22(30)13-20-17(4)25-24-27-23(28-29(24)18(20)5)19-11-7-6-9-15(19)2/h6-12H,13H2,1-5H3,(H,26,30). The summed E-state index contributed by atoms with van der Waals surface area (Å²) in [7, 11) is 0. The molecule has 0 fully saturated rings. The number of aromatic nitrogens is 4. The third-order valence-corrected chi connectivity index (χ3v) is 5.65. The highest BCUT2D eigenvalue weighted by atomic mass is 16.1. The van der Waals surface area contributed by atoms with E-state index in [0.29, 0.717) is 11.6 Å². The van der Waals surface area contributed by atoms with Gasteiger partial charge in [-0.15, -0.1) is 5.10 Å². The average molecular weight is 399 g/mol. The molecule has 2 aromatic heterocycles. The average Bonchev–Trinajstić information content (AvgIpc) is 3.13. The summed E-state index contributed by atoms with van der Waals surface area (Å²) < 4.78 is 1.73. The van der Waals surface area contributed by atoms with Gasteiger partial charge in [-0.3, -0.25) is 4.79 Å². The highest BCUT2D eigenvalue weighted by molar-refractivity contribution is 5.93. The molecular weight excluding hydrogens is 374 g/mol. The zero-order chi connectivity index (χ0) is 21.4. The molecule has 0 saturated heterocycles. The summed E-state index contributed by atoms with van der Waals surface area (Å²) in [4.78, 5) is 22.0. The predicted octanol–water partition coefficient (Wildman–Crippen LogP) is 4.51. The number of carbonyl (C=O) groups is 1. The van der Waals surface area contributed by atoms with Gasteiger partial charge in [-0.2, -0.15) is 4.98 Å². The second-order valence-electron chi connectivity index (χ2n) is 7.70. The first-order valence-electron chi connectivity index (χ1n) is 10.00. The zero-order valence-corrected chi connectivity index (χ0v) is 17.9. The number of carbonyl (C=O) groups excluding carboxylic acids is 1. The SMILES string of the molecule is Cc1ccccc1-c1nc2nc(C)c(CC(=O)Nc3cccc(C)c3C)c(C)n2n1. The molecule has 0 aliphatic heterocycles. The van der Waals surface area contributed by atoms with Crippen molar-refractivity contribution in [3.05, 3.63) is 76.1 Å². The van der Waals surface area contributed by atoms with E-state index in [9.17, 15) is 4.79 Å². The van der Waals surface area contributed by atoms with Crippen molar-refractivity contribution < 1.29 is 4.79 Å². The quantitative estimate of drug-likeness (QED) is 0.548. The molecular formula is C24H25N5O. The first kappa shape index (κ1) is 19.8. The molecule has 0 saturated carbocycles. The van der Waals surface area contributed by atoms with E-state index in [2.05, 4.69) is 20.4 Å². The number of nitrogens with one attached hydrogen (secondary N) is 1. The van der Waals surface area contributed by atoms with Crippen LogP contribution in [-0.2, 0) is 11.2 Å². The predicted molar refractivity (Wildman–Crippen MR) is 119 cm³/mol. The lowest BCUT2D eigenvalue weighted by Crippen LogP contribution is -2.18. The first-order valence-corrected chi connectivity index (χ1v) is 10.00. The van der Waals surface area contributed by atoms with Gasteiger partial charge in [-0.25, -0.2) is 9.50 Å². The minimum atomic E-state index is -0.0738. The van der Waals surface area contributed by atoms with Gasteiger partial charge >= 0.3 is 0 Å². The molecule has 4 rings (SSSR count). The maximum absolute atomic E-state index is 12.8. The Bertz CT molecular complexity index is 1270. The van der Waals surface area contributed by atoms with E-state index in [1.165, 1.54) is 0 Å². The van der Waals surface area contributed by atoms with Gasteiger partial charge in [0.1, 0.15) is 0 Å². The highest BCUT2D eigenvalue weighted by Crippen LogP contribution is 2.23. The number of fused-ring (bicyclic) bond motifs is 1. The molecule has 0 spiro atoms. The Labute approximate surface area is 176 Å². The lowest BCUT2D eigenvalue weighted by molar-refractivity contribution is -0.115. The summed E-state index contributed by atoms with van der Waals surface area (Å²) in [6, 6.07) is 13.9. The lowest BCUT2D eigenvalue weighted by Gasteiger charge is -2.13. The summed E-state index contributed by atoms with van der Waals surface area (Å²) >= 11 is 0. The highest BCUT2D eigenvalue weighted by Gasteiger charge is 2.17. The van der Waals surface area contributed by atoms with E-state index in [4.69, 9.17) is 0 Å². The van der Waals surface area contributed by atoms with Crippen molar-refractivity contribution in [1.29, 1.82) is 0 Å². The van der Waals surface area contributed by atoms with Crippen LogP contribution in [0.2, 0.25) is 0 Å². The minimum absolute atomic E-state index is 0.0738. The lowest BCUT2D eigenvalue weighted by atomic mass is 10.1. The molecule has 2 heterocycles. The van der Waals surface area contributed by atoms with E-state index in [0.717, 1.165) is 44.9 Å². The molecule has 30 heavy (non-hydrogen) atoms. The van der Waals surface area contributed by atoms with Crippen molar-refractivity contribution in [3.63, 3.8) is 0 Å². The Morgan fingerprint density at radius 3 is 2.43 bits per heavy atom. The second kappa shape index (κ2) is 7.71. The maximum Gasteiger partial charge on any atom is 0.253 e. The van der Waals surface area contributed by atoms with Gasteiger partial charge in [0.25, 0.3) is 5.78 Å². The Hall–Kier alpha value is -3.54. The first-order chi connectivity index (χ1) is 14.3. The summed E-state index contributed by atoms with van der Waals surface area (Å²) in [6.07, 6.45) is 0.230. The van der Waals surface area contributed by atoms with Crippen molar-refractivity contribution in [1.82, 2.24) is 19.6 Å². The molecule has 0 radical (unpaired) electrons. The van der Waals surface area contributed by atoms with Crippen LogP contribution in [0.25, 0.3) is 17.2 Å². The molecule has 0 bridgehead atoms. The van der Waals surface area contributed by atoms with Gasteiger partial charge in [0, 0.05) is 28.2 Å². The van der Waals surface area contributed by atoms with Crippen LogP contribution >= 0.6 is 0 Å². The summed E-state index contributed by atoms with van der Waals surface area (Å²) in [5.41, 5.74) is 7.69. The van der Waals surface area contributed by atoms with Crippen molar-refractivity contribution in [2.75, 3.05) is 5.32 Å². The Balaban J connectivity index is 1.67. The number of aryl methyl sites for hydroxylation is 4.